The zero-order valence-electron chi connectivity index (χ0n) is 78.6. The van der Waals surface area contributed by atoms with Crippen molar-refractivity contribution in [1.29, 1.82) is 0 Å². The molecule has 705 valence electrons. The third-order valence-electron chi connectivity index (χ3n) is 33.7. The highest BCUT2D eigenvalue weighted by Crippen LogP contribution is 2.64. The van der Waals surface area contributed by atoms with Crippen LogP contribution in [0.1, 0.15) is 420 Å². The molecule has 0 atom stereocenters. The highest BCUT2D eigenvalue weighted by Gasteiger charge is 2.53. The van der Waals surface area contributed by atoms with Gasteiger partial charge in [-0.1, -0.05) is 258 Å². The number of hydrogen-bond donors (Lipinski definition) is 0. The van der Waals surface area contributed by atoms with Gasteiger partial charge in [0.1, 0.15) is 28.7 Å². The zero-order valence-corrected chi connectivity index (χ0v) is 82.7. The largest absolute Gasteiger partial charge is 0.493 e. The van der Waals surface area contributed by atoms with E-state index in [2.05, 4.69) is 34.6 Å². The van der Waals surface area contributed by atoms with Gasteiger partial charge >= 0.3 is 0 Å². The molecule has 5 radical (unpaired) electrons. The molecule has 5 nitrogen and oxygen atoms in total. The topological polar surface area (TPSA) is 46.2 Å². The summed E-state index contributed by atoms with van der Waals surface area (Å²) in [5.74, 6) is 4.91. The van der Waals surface area contributed by atoms with Crippen molar-refractivity contribution in [3.05, 3.63) is 121 Å². The van der Waals surface area contributed by atoms with Crippen LogP contribution >= 0.6 is 63.1 Å². The van der Waals surface area contributed by atoms with E-state index >= 15 is 0 Å². The molecule has 10 bridgehead atoms. The van der Waals surface area contributed by atoms with E-state index in [1.807, 2.05) is 121 Å². The molecule has 0 N–H and O–H groups in total. The van der Waals surface area contributed by atoms with Gasteiger partial charge in [0.2, 0.25) is 0 Å². The maximum atomic E-state index is 6.13. The molecule has 0 amide bonds. The summed E-state index contributed by atoms with van der Waals surface area (Å²) in [6.45, 7) is 16.0. The van der Waals surface area contributed by atoms with E-state index < -0.39 is 0 Å². The number of ether oxygens (including phenoxy) is 5. The van der Waals surface area contributed by atoms with Crippen LogP contribution in [0.25, 0.3) is 0 Å². The van der Waals surface area contributed by atoms with Gasteiger partial charge in [0, 0.05) is 51.6 Å². The van der Waals surface area contributed by atoms with Crippen LogP contribution in [-0.4, -0.2) is 33.0 Å². The molecule has 0 spiro atoms. The molecule has 0 aromatic heterocycles. The van der Waals surface area contributed by atoms with Gasteiger partial charge in [-0.2, -0.15) is 0 Å². The average Bonchev–Trinajstić information content (AvgIpc) is 0.789. The van der Waals surface area contributed by atoms with E-state index in [1.165, 1.54) is 385 Å². The van der Waals surface area contributed by atoms with E-state index in [0.29, 0.717) is 54.1 Å². The number of rotatable bonds is 45. The highest BCUT2D eigenvalue weighted by molar-refractivity contribution is 7.81. The van der Waals surface area contributed by atoms with Gasteiger partial charge in [0.25, 0.3) is 0 Å². The molecule has 0 heterocycles. The van der Waals surface area contributed by atoms with Crippen LogP contribution in [0.4, 0.5) is 23.5 Å². The van der Waals surface area contributed by atoms with E-state index in [1.54, 1.807) is 0 Å². The van der Waals surface area contributed by atoms with Gasteiger partial charge in [-0.05, 0) is 373 Å². The highest BCUT2D eigenvalue weighted by atomic mass is 32.1. The average molecular weight is 1830 g/mol. The van der Waals surface area contributed by atoms with Gasteiger partial charge in [-0.3, -0.25) is 23.5 Å². The minimum atomic E-state index is 0. The lowest BCUT2D eigenvalue weighted by atomic mass is 9.53. The van der Waals surface area contributed by atoms with Crippen molar-refractivity contribution < 1.29 is 47.2 Å². The lowest BCUT2D eigenvalue weighted by Gasteiger charge is -2.53. The maximum Gasteiger partial charge on any atom is 0.119 e. The summed E-state index contributed by atoms with van der Waals surface area (Å²) in [7, 11) is 0. The summed E-state index contributed by atoms with van der Waals surface area (Å²) in [4.78, 5) is 4.44. The summed E-state index contributed by atoms with van der Waals surface area (Å²) in [6.07, 6.45) is 85.2. The number of fused-ring (bicyclic) bond motifs is 15. The Morgan fingerprint density at radius 3 is 0.400 bits per heavy atom. The molecule has 0 unspecified atom stereocenters. The van der Waals surface area contributed by atoms with Crippen LogP contribution in [0.5, 0.6) is 28.7 Å². The Balaban J connectivity index is 0.000000239. The Morgan fingerprint density at radius 2 is 0.280 bits per heavy atom. The summed E-state index contributed by atoms with van der Waals surface area (Å²) in [6, 6.07) is 39.8. The van der Waals surface area contributed by atoms with Gasteiger partial charge in [-0.25, -0.2) is 0 Å². The van der Waals surface area contributed by atoms with Crippen LogP contribution in [0.2, 0.25) is 0 Å². The van der Waals surface area contributed by atoms with Crippen molar-refractivity contribution in [2.45, 2.75) is 444 Å². The van der Waals surface area contributed by atoms with Crippen LogP contribution in [-0.2, 0) is 0 Å². The molecule has 15 fully saturated rings. The van der Waals surface area contributed by atoms with E-state index in [0.717, 1.165) is 86.3 Å². The predicted molar refractivity (Wildman–Crippen MR) is 531 cm³/mol. The molecule has 15 aliphatic carbocycles. The minimum Gasteiger partial charge on any atom is -0.493 e. The standard InChI is InChI=1S/5C22H33OS.5FH/c5*1-2-3-4-5-6-11-21-12-15-22(16-13-21,17-14-21)18-23-19-7-9-20(24)10-8-19;;;;;/h5*7-10H,2-6,11-18H2,1H3;5*1H. The number of benzene rings is 5. The fourth-order valence-electron chi connectivity index (χ4n) is 24.0. The van der Waals surface area contributed by atoms with E-state index in [4.69, 9.17) is 86.8 Å². The number of halogens is 5. The Bertz CT molecular complexity index is 3000. The fourth-order valence-corrected chi connectivity index (χ4v) is 24.7. The molecule has 125 heavy (non-hydrogen) atoms. The van der Waals surface area contributed by atoms with Crippen LogP contribution in [0, 0.1) is 54.1 Å². The van der Waals surface area contributed by atoms with Crippen LogP contribution < -0.4 is 23.7 Å². The fraction of sp³-hybridized carbons (Fsp3) is 0.727. The van der Waals surface area contributed by atoms with Crippen molar-refractivity contribution in [3.63, 3.8) is 0 Å². The smallest absolute Gasteiger partial charge is 0.119 e. The SMILES string of the molecule is CCCCCCCC12CCC(COc3ccc([S])cc3)(CC1)CC2.CCCCCCCC12CCC(COc3ccc([S])cc3)(CC1)CC2.CCCCCCCC12CCC(COc3ccc([S])cc3)(CC1)CC2.CCCCCCCC12CCC(COc3ccc([S])cc3)(CC1)CC2.CCCCCCCC12CCC(COc3ccc([S])cc3)(CC1)CC2.F.F.F.F.F. The first kappa shape index (κ1) is 110. The molecule has 0 saturated heterocycles. The molecule has 20 rings (SSSR count). The predicted octanol–water partition coefficient (Wildman–Crippen LogP) is 37.4. The zero-order chi connectivity index (χ0) is 84.4. The molecular weight excluding hydrogens is 1660 g/mol. The Morgan fingerprint density at radius 1 is 0.168 bits per heavy atom. The molecule has 15 heteroatoms. The molecule has 15 aliphatic rings. The first-order valence-electron chi connectivity index (χ1n) is 50.3. The second-order valence-corrected chi connectivity index (χ2v) is 44.5. The third-order valence-corrected chi connectivity index (χ3v) is 35.0. The van der Waals surface area contributed by atoms with E-state index in [9.17, 15) is 0 Å². The normalized spacial score (nSPS) is 27.7. The van der Waals surface area contributed by atoms with Crippen molar-refractivity contribution in [2.24, 2.45) is 54.1 Å². The van der Waals surface area contributed by atoms with Gasteiger partial charge in [-0.15, -0.1) is 0 Å². The van der Waals surface area contributed by atoms with Crippen molar-refractivity contribution in [3.8, 4) is 28.7 Å². The lowest BCUT2D eigenvalue weighted by molar-refractivity contribution is -0.0409. The first-order chi connectivity index (χ1) is 58.3. The number of unbranched alkanes of at least 4 members (excludes halogenated alkanes) is 20. The molecule has 5 aromatic carbocycles. The summed E-state index contributed by atoms with van der Waals surface area (Å²) >= 11 is 25.7. The molecule has 15 saturated carbocycles. The monoisotopic (exact) mass is 1830 g/mol. The Labute approximate surface area is 786 Å². The van der Waals surface area contributed by atoms with Crippen molar-refractivity contribution in [2.75, 3.05) is 33.0 Å². The second kappa shape index (κ2) is 54.7. The molecular formula is C110H170F5O5S5. The van der Waals surface area contributed by atoms with Gasteiger partial charge in [0.05, 0.1) is 33.0 Å². The van der Waals surface area contributed by atoms with E-state index in [-0.39, 0.29) is 23.5 Å². The van der Waals surface area contributed by atoms with Crippen LogP contribution in [0.3, 0.4) is 0 Å². The molecule has 0 aliphatic heterocycles. The molecule has 5 aromatic rings. The number of hydrogen-bond acceptors (Lipinski definition) is 5. The summed E-state index contributed by atoms with van der Waals surface area (Å²) in [5.41, 5.74) is 5.74. The maximum absolute atomic E-state index is 6.13. The van der Waals surface area contributed by atoms with Gasteiger partial charge in [0.15, 0.2) is 0 Å². The van der Waals surface area contributed by atoms with Crippen molar-refractivity contribution >= 4 is 63.1 Å². The quantitative estimate of drug-likeness (QED) is 0.0287. The summed E-state index contributed by atoms with van der Waals surface area (Å²) in [5, 5.41) is 0. The van der Waals surface area contributed by atoms with Crippen LogP contribution in [0.15, 0.2) is 146 Å². The minimum absolute atomic E-state index is 0. The van der Waals surface area contributed by atoms with Gasteiger partial charge < -0.3 is 23.7 Å². The second-order valence-electron chi connectivity index (χ2n) is 42.1. The first-order valence-corrected chi connectivity index (χ1v) is 52.3. The Hall–Kier alpha value is -4.15. The Kier molecular flexibility index (Phi) is 48.0. The lowest BCUT2D eigenvalue weighted by Crippen LogP contribution is -2.44. The van der Waals surface area contributed by atoms with Crippen molar-refractivity contribution in [1.82, 2.24) is 0 Å². The third kappa shape index (κ3) is 34.1. The summed E-state index contributed by atoms with van der Waals surface area (Å²) < 4.78 is 30.7.